The van der Waals surface area contributed by atoms with E-state index in [0.717, 1.165) is 18.8 Å². The SMILES string of the molecule is COc1cccc(N2CCCCC2CCl)n1. The molecular formula is C12H17ClN2O. The number of aromatic nitrogens is 1. The van der Waals surface area contributed by atoms with Crippen molar-refractivity contribution in [3.63, 3.8) is 0 Å². The number of nitrogens with zero attached hydrogens (tertiary/aromatic N) is 2. The van der Waals surface area contributed by atoms with Gasteiger partial charge in [0, 0.05) is 24.5 Å². The molecule has 4 heteroatoms. The zero-order valence-corrected chi connectivity index (χ0v) is 10.3. The van der Waals surface area contributed by atoms with E-state index in [4.69, 9.17) is 16.3 Å². The van der Waals surface area contributed by atoms with Gasteiger partial charge in [0.15, 0.2) is 0 Å². The summed E-state index contributed by atoms with van der Waals surface area (Å²) in [6.45, 7) is 1.04. The van der Waals surface area contributed by atoms with E-state index in [0.29, 0.717) is 17.8 Å². The van der Waals surface area contributed by atoms with Gasteiger partial charge in [-0.3, -0.25) is 0 Å². The fourth-order valence-corrected chi connectivity index (χ4v) is 2.46. The number of rotatable bonds is 3. The van der Waals surface area contributed by atoms with Crippen LogP contribution >= 0.6 is 11.6 Å². The maximum atomic E-state index is 6.00. The number of pyridine rings is 1. The summed E-state index contributed by atoms with van der Waals surface area (Å²) in [5.74, 6) is 2.31. The van der Waals surface area contributed by atoms with Crippen molar-refractivity contribution in [2.75, 3.05) is 24.4 Å². The number of hydrogen-bond acceptors (Lipinski definition) is 3. The second kappa shape index (κ2) is 5.39. The molecule has 0 radical (unpaired) electrons. The molecule has 0 amide bonds. The highest BCUT2D eigenvalue weighted by Gasteiger charge is 2.22. The number of halogens is 1. The van der Waals surface area contributed by atoms with Gasteiger partial charge in [0.05, 0.1) is 7.11 Å². The lowest BCUT2D eigenvalue weighted by molar-refractivity contribution is 0.396. The van der Waals surface area contributed by atoms with Crippen molar-refractivity contribution in [1.29, 1.82) is 0 Å². The Bertz CT molecular complexity index is 346. The molecule has 1 fully saturated rings. The average Bonchev–Trinajstić information content (AvgIpc) is 2.38. The van der Waals surface area contributed by atoms with E-state index in [9.17, 15) is 0 Å². The van der Waals surface area contributed by atoms with Crippen LogP contribution in [-0.2, 0) is 0 Å². The van der Waals surface area contributed by atoms with Gasteiger partial charge in [-0.05, 0) is 25.3 Å². The Morgan fingerprint density at radius 3 is 3.12 bits per heavy atom. The minimum Gasteiger partial charge on any atom is -0.481 e. The molecule has 1 atom stereocenters. The van der Waals surface area contributed by atoms with E-state index >= 15 is 0 Å². The van der Waals surface area contributed by atoms with Crippen LogP contribution in [-0.4, -0.2) is 30.6 Å². The summed E-state index contributed by atoms with van der Waals surface area (Å²) in [5.41, 5.74) is 0. The Kier molecular flexibility index (Phi) is 3.88. The number of ether oxygens (including phenoxy) is 1. The first-order chi connectivity index (χ1) is 7.85. The third-order valence-corrected chi connectivity index (χ3v) is 3.37. The second-order valence-electron chi connectivity index (χ2n) is 4.04. The van der Waals surface area contributed by atoms with Crippen molar-refractivity contribution in [3.05, 3.63) is 18.2 Å². The van der Waals surface area contributed by atoms with Gasteiger partial charge < -0.3 is 9.64 Å². The Balaban J connectivity index is 2.20. The lowest BCUT2D eigenvalue weighted by Gasteiger charge is -2.35. The van der Waals surface area contributed by atoms with Crippen LogP contribution in [0.25, 0.3) is 0 Å². The second-order valence-corrected chi connectivity index (χ2v) is 4.34. The van der Waals surface area contributed by atoms with Gasteiger partial charge in [0.2, 0.25) is 5.88 Å². The number of alkyl halides is 1. The molecule has 0 spiro atoms. The third-order valence-electron chi connectivity index (χ3n) is 3.02. The van der Waals surface area contributed by atoms with Crippen LogP contribution in [0.3, 0.4) is 0 Å². The van der Waals surface area contributed by atoms with Gasteiger partial charge in [-0.1, -0.05) is 6.07 Å². The summed E-state index contributed by atoms with van der Waals surface area (Å²) >= 11 is 6.00. The molecule has 0 aromatic carbocycles. The van der Waals surface area contributed by atoms with Gasteiger partial charge in [-0.25, -0.2) is 0 Å². The van der Waals surface area contributed by atoms with E-state index in [2.05, 4.69) is 9.88 Å². The molecule has 0 bridgehead atoms. The molecule has 2 heterocycles. The summed E-state index contributed by atoms with van der Waals surface area (Å²) < 4.78 is 5.14. The van der Waals surface area contributed by atoms with Crippen molar-refractivity contribution >= 4 is 17.4 Å². The molecule has 1 aliphatic rings. The molecule has 88 valence electrons. The summed E-state index contributed by atoms with van der Waals surface area (Å²) in [6.07, 6.45) is 3.63. The fourth-order valence-electron chi connectivity index (χ4n) is 2.14. The summed E-state index contributed by atoms with van der Waals surface area (Å²) in [4.78, 5) is 6.75. The standard InChI is InChI=1S/C12H17ClN2O/c1-16-12-7-4-6-11(14-12)15-8-3-2-5-10(15)9-13/h4,6-7,10H,2-3,5,8-9H2,1H3. The molecular weight excluding hydrogens is 224 g/mol. The van der Waals surface area contributed by atoms with Crippen molar-refractivity contribution in [2.45, 2.75) is 25.3 Å². The number of anilines is 1. The Labute approximate surface area is 101 Å². The van der Waals surface area contributed by atoms with Gasteiger partial charge in [-0.2, -0.15) is 4.98 Å². The van der Waals surface area contributed by atoms with Crippen molar-refractivity contribution < 1.29 is 4.74 Å². The molecule has 3 nitrogen and oxygen atoms in total. The van der Waals surface area contributed by atoms with Crippen LogP contribution in [0.2, 0.25) is 0 Å². The van der Waals surface area contributed by atoms with E-state index in [1.165, 1.54) is 12.8 Å². The van der Waals surface area contributed by atoms with E-state index in [1.807, 2.05) is 18.2 Å². The van der Waals surface area contributed by atoms with Gasteiger partial charge >= 0.3 is 0 Å². The number of hydrogen-bond donors (Lipinski definition) is 0. The first-order valence-corrected chi connectivity index (χ1v) is 6.22. The molecule has 0 aliphatic carbocycles. The molecule has 16 heavy (non-hydrogen) atoms. The number of methoxy groups -OCH3 is 1. The van der Waals surface area contributed by atoms with Crippen LogP contribution in [0.4, 0.5) is 5.82 Å². The normalized spacial score (nSPS) is 20.9. The highest BCUT2D eigenvalue weighted by atomic mass is 35.5. The lowest BCUT2D eigenvalue weighted by atomic mass is 10.0. The van der Waals surface area contributed by atoms with Crippen molar-refractivity contribution in [3.8, 4) is 5.88 Å². The monoisotopic (exact) mass is 240 g/mol. The Morgan fingerprint density at radius 2 is 2.38 bits per heavy atom. The summed E-state index contributed by atoms with van der Waals surface area (Å²) in [6, 6.07) is 6.27. The quantitative estimate of drug-likeness (QED) is 0.760. The first kappa shape index (κ1) is 11.5. The molecule has 2 rings (SSSR count). The van der Waals surface area contributed by atoms with Crippen molar-refractivity contribution in [2.24, 2.45) is 0 Å². The third kappa shape index (κ3) is 2.40. The van der Waals surface area contributed by atoms with Crippen LogP contribution in [0, 0.1) is 0 Å². The maximum Gasteiger partial charge on any atom is 0.214 e. The maximum absolute atomic E-state index is 6.00. The predicted molar refractivity (Wildman–Crippen MR) is 66.5 cm³/mol. The molecule has 1 aromatic heterocycles. The molecule has 0 saturated carbocycles. The lowest BCUT2D eigenvalue weighted by Crippen LogP contribution is -2.41. The minimum atomic E-state index is 0.412. The van der Waals surface area contributed by atoms with Gasteiger partial charge in [0.25, 0.3) is 0 Å². The van der Waals surface area contributed by atoms with Crippen LogP contribution < -0.4 is 9.64 Å². The zero-order valence-electron chi connectivity index (χ0n) is 9.53. The van der Waals surface area contributed by atoms with Crippen LogP contribution in [0.1, 0.15) is 19.3 Å². The molecule has 1 unspecified atom stereocenters. The molecule has 1 aliphatic heterocycles. The largest absolute Gasteiger partial charge is 0.481 e. The smallest absolute Gasteiger partial charge is 0.214 e. The molecule has 1 aromatic rings. The van der Waals surface area contributed by atoms with E-state index < -0.39 is 0 Å². The first-order valence-electron chi connectivity index (χ1n) is 5.69. The highest BCUT2D eigenvalue weighted by Crippen LogP contribution is 2.25. The molecule has 1 saturated heterocycles. The van der Waals surface area contributed by atoms with Crippen LogP contribution in [0.15, 0.2) is 18.2 Å². The van der Waals surface area contributed by atoms with E-state index in [-0.39, 0.29) is 0 Å². The summed E-state index contributed by atoms with van der Waals surface area (Å²) in [5, 5.41) is 0. The van der Waals surface area contributed by atoms with Gasteiger partial charge in [-0.15, -0.1) is 11.6 Å². The van der Waals surface area contributed by atoms with E-state index in [1.54, 1.807) is 7.11 Å². The average molecular weight is 241 g/mol. The van der Waals surface area contributed by atoms with Crippen LogP contribution in [0.5, 0.6) is 5.88 Å². The van der Waals surface area contributed by atoms with Crippen molar-refractivity contribution in [1.82, 2.24) is 4.98 Å². The number of piperidine rings is 1. The van der Waals surface area contributed by atoms with Gasteiger partial charge in [0.1, 0.15) is 5.82 Å². The molecule has 0 N–H and O–H groups in total. The Hall–Kier alpha value is -0.960. The topological polar surface area (TPSA) is 25.4 Å². The summed E-state index contributed by atoms with van der Waals surface area (Å²) in [7, 11) is 1.64. The predicted octanol–water partition coefficient (Wildman–Crippen LogP) is 2.69. The Morgan fingerprint density at radius 1 is 1.50 bits per heavy atom. The highest BCUT2D eigenvalue weighted by molar-refractivity contribution is 6.18. The minimum absolute atomic E-state index is 0.412. The zero-order chi connectivity index (χ0) is 11.4. The fraction of sp³-hybridized carbons (Fsp3) is 0.583.